The second kappa shape index (κ2) is 6.11. The van der Waals surface area contributed by atoms with Gasteiger partial charge in [-0.1, -0.05) is 18.2 Å². The molecule has 0 spiro atoms. The lowest BCUT2D eigenvalue weighted by Gasteiger charge is -2.14. The molecule has 0 aliphatic heterocycles. The van der Waals surface area contributed by atoms with Crippen LogP contribution in [0.15, 0.2) is 35.4 Å². The molecule has 1 aliphatic rings. The monoisotopic (exact) mass is 344 g/mol. The van der Waals surface area contributed by atoms with Gasteiger partial charge in [-0.15, -0.1) is 11.3 Å². The molecule has 0 amide bonds. The molecule has 0 saturated heterocycles. The van der Waals surface area contributed by atoms with Crippen LogP contribution >= 0.6 is 11.3 Å². The van der Waals surface area contributed by atoms with E-state index in [0.717, 1.165) is 36.1 Å². The van der Waals surface area contributed by atoms with E-state index in [-0.39, 0.29) is 17.7 Å². The van der Waals surface area contributed by atoms with Crippen molar-refractivity contribution < 1.29 is 9.50 Å². The van der Waals surface area contributed by atoms with Gasteiger partial charge in [-0.3, -0.25) is 9.36 Å². The first-order valence-corrected chi connectivity index (χ1v) is 8.89. The Bertz CT molecular complexity index is 963. The molecule has 0 fully saturated rings. The van der Waals surface area contributed by atoms with Gasteiger partial charge in [-0.2, -0.15) is 0 Å². The van der Waals surface area contributed by atoms with Gasteiger partial charge in [0.05, 0.1) is 24.4 Å². The third kappa shape index (κ3) is 2.56. The molecule has 0 bridgehead atoms. The van der Waals surface area contributed by atoms with Gasteiger partial charge in [0.1, 0.15) is 10.6 Å². The van der Waals surface area contributed by atoms with E-state index in [1.807, 2.05) is 0 Å². The minimum atomic E-state index is -1.09. The van der Waals surface area contributed by atoms with Gasteiger partial charge in [0.25, 0.3) is 5.56 Å². The van der Waals surface area contributed by atoms with Crippen molar-refractivity contribution >= 4 is 21.6 Å². The summed E-state index contributed by atoms with van der Waals surface area (Å²) in [6.45, 7) is -0.00662. The fraction of sp³-hybridized carbons (Fsp3) is 0.333. The molecule has 1 unspecified atom stereocenters. The lowest BCUT2D eigenvalue weighted by molar-refractivity contribution is 0.150. The van der Waals surface area contributed by atoms with Crippen LogP contribution in [0, 0.1) is 5.82 Å². The summed E-state index contributed by atoms with van der Waals surface area (Å²) < 4.78 is 15.2. The summed E-state index contributed by atoms with van der Waals surface area (Å²) in [5.74, 6) is -0.472. The van der Waals surface area contributed by atoms with Crippen molar-refractivity contribution in [1.29, 1.82) is 0 Å². The maximum Gasteiger partial charge on any atom is 0.262 e. The normalized spacial score (nSPS) is 15.4. The smallest absolute Gasteiger partial charge is 0.262 e. The summed E-state index contributed by atoms with van der Waals surface area (Å²) >= 11 is 1.59. The van der Waals surface area contributed by atoms with Crippen molar-refractivity contribution in [3.05, 3.63) is 62.8 Å². The molecule has 1 atom stereocenters. The summed E-state index contributed by atoms with van der Waals surface area (Å²) in [6, 6.07) is 6.07. The Morgan fingerprint density at radius 1 is 1.29 bits per heavy atom. The number of aliphatic hydroxyl groups excluding tert-OH is 1. The molecule has 0 saturated carbocycles. The van der Waals surface area contributed by atoms with Gasteiger partial charge < -0.3 is 5.11 Å². The highest BCUT2D eigenvalue weighted by molar-refractivity contribution is 7.18. The molecule has 1 aromatic carbocycles. The molecule has 24 heavy (non-hydrogen) atoms. The highest BCUT2D eigenvalue weighted by atomic mass is 32.1. The minimum Gasteiger partial charge on any atom is -0.386 e. The van der Waals surface area contributed by atoms with Crippen LogP contribution in [0.4, 0.5) is 4.39 Å². The summed E-state index contributed by atoms with van der Waals surface area (Å²) in [5, 5.41) is 11.0. The van der Waals surface area contributed by atoms with Gasteiger partial charge in [0, 0.05) is 10.4 Å². The van der Waals surface area contributed by atoms with Crippen molar-refractivity contribution in [2.45, 2.75) is 38.3 Å². The number of benzene rings is 1. The number of hydrogen-bond donors (Lipinski definition) is 1. The van der Waals surface area contributed by atoms with E-state index in [9.17, 15) is 14.3 Å². The summed E-state index contributed by atoms with van der Waals surface area (Å²) in [7, 11) is 0. The van der Waals surface area contributed by atoms with Crippen LogP contribution in [-0.4, -0.2) is 14.7 Å². The second-order valence-electron chi connectivity index (χ2n) is 6.13. The van der Waals surface area contributed by atoms with E-state index in [0.29, 0.717) is 5.39 Å². The quantitative estimate of drug-likeness (QED) is 0.794. The standard InChI is InChI=1S/C18H17FN2O2S/c19-13-7-3-1-5-11(13)14(22)9-21-10-20-17-16(18(21)23)12-6-2-4-8-15(12)24-17/h1,3,5,7,10,14,22H,2,4,6,8-9H2. The van der Waals surface area contributed by atoms with E-state index in [1.165, 1.54) is 27.9 Å². The van der Waals surface area contributed by atoms with Crippen LogP contribution in [-0.2, 0) is 19.4 Å². The zero-order valence-corrected chi connectivity index (χ0v) is 13.9. The average Bonchev–Trinajstić information content (AvgIpc) is 2.97. The van der Waals surface area contributed by atoms with Gasteiger partial charge in [-0.25, -0.2) is 9.37 Å². The van der Waals surface area contributed by atoms with Crippen LogP contribution in [0.1, 0.15) is 34.9 Å². The van der Waals surface area contributed by atoms with Crippen LogP contribution < -0.4 is 5.56 Å². The third-order valence-electron chi connectivity index (χ3n) is 4.58. The summed E-state index contributed by atoms with van der Waals surface area (Å²) in [6.07, 6.45) is 4.53. The maximum atomic E-state index is 13.8. The molecule has 2 heterocycles. The molecular weight excluding hydrogens is 327 g/mol. The molecule has 4 rings (SSSR count). The molecule has 6 heteroatoms. The van der Waals surface area contributed by atoms with E-state index in [2.05, 4.69) is 4.98 Å². The predicted octanol–water partition coefficient (Wildman–Crippen LogP) is 3.21. The Labute approximate surface area is 142 Å². The number of rotatable bonds is 3. The van der Waals surface area contributed by atoms with Crippen molar-refractivity contribution in [2.75, 3.05) is 0 Å². The topological polar surface area (TPSA) is 55.1 Å². The van der Waals surface area contributed by atoms with Gasteiger partial charge in [0.15, 0.2) is 0 Å². The molecule has 1 aliphatic carbocycles. The van der Waals surface area contributed by atoms with E-state index < -0.39 is 11.9 Å². The first-order valence-electron chi connectivity index (χ1n) is 8.07. The lowest BCUT2D eigenvalue weighted by Crippen LogP contribution is -2.24. The zero-order valence-electron chi connectivity index (χ0n) is 13.0. The number of fused-ring (bicyclic) bond motifs is 3. The van der Waals surface area contributed by atoms with Crippen LogP contribution in [0.5, 0.6) is 0 Å². The van der Waals surface area contributed by atoms with E-state index in [4.69, 9.17) is 0 Å². The van der Waals surface area contributed by atoms with Crippen molar-refractivity contribution in [3.8, 4) is 0 Å². The third-order valence-corrected chi connectivity index (χ3v) is 5.78. The number of nitrogens with zero attached hydrogens (tertiary/aromatic N) is 2. The lowest BCUT2D eigenvalue weighted by atomic mass is 9.97. The Morgan fingerprint density at radius 3 is 2.92 bits per heavy atom. The fourth-order valence-corrected chi connectivity index (χ4v) is 4.56. The number of hydrogen-bond acceptors (Lipinski definition) is 4. The molecular formula is C18H17FN2O2S. The Morgan fingerprint density at radius 2 is 2.08 bits per heavy atom. The highest BCUT2D eigenvalue weighted by Crippen LogP contribution is 2.33. The van der Waals surface area contributed by atoms with Crippen molar-refractivity contribution in [2.24, 2.45) is 0 Å². The Balaban J connectivity index is 1.74. The zero-order chi connectivity index (χ0) is 16.7. The molecule has 124 valence electrons. The summed E-state index contributed by atoms with van der Waals surface area (Å²) in [5.41, 5.74) is 1.17. The summed E-state index contributed by atoms with van der Waals surface area (Å²) in [4.78, 5) is 19.3. The SMILES string of the molecule is O=c1c2c3c(sc2ncn1CC(O)c1ccccc1F)CCCC3. The maximum absolute atomic E-state index is 13.8. The Kier molecular flexibility index (Phi) is 3.94. The van der Waals surface area contributed by atoms with Crippen molar-refractivity contribution in [3.63, 3.8) is 0 Å². The average molecular weight is 344 g/mol. The fourth-order valence-electron chi connectivity index (χ4n) is 3.34. The van der Waals surface area contributed by atoms with Crippen LogP contribution in [0.3, 0.4) is 0 Å². The number of halogens is 1. The molecule has 1 N–H and O–H groups in total. The largest absolute Gasteiger partial charge is 0.386 e. The van der Waals surface area contributed by atoms with Crippen LogP contribution in [0.2, 0.25) is 0 Å². The molecule has 4 nitrogen and oxygen atoms in total. The van der Waals surface area contributed by atoms with E-state index in [1.54, 1.807) is 23.5 Å². The highest BCUT2D eigenvalue weighted by Gasteiger charge is 2.21. The Hall–Kier alpha value is -2.05. The van der Waals surface area contributed by atoms with E-state index >= 15 is 0 Å². The van der Waals surface area contributed by atoms with Gasteiger partial charge in [-0.05, 0) is 37.3 Å². The number of thiophene rings is 1. The molecule has 0 radical (unpaired) electrons. The molecule has 2 aromatic heterocycles. The molecule has 3 aromatic rings. The van der Waals surface area contributed by atoms with Gasteiger partial charge in [0.2, 0.25) is 0 Å². The number of aromatic nitrogens is 2. The number of aryl methyl sites for hydroxylation is 2. The van der Waals surface area contributed by atoms with Crippen LogP contribution in [0.25, 0.3) is 10.2 Å². The first kappa shape index (κ1) is 15.5. The van der Waals surface area contributed by atoms with Gasteiger partial charge >= 0.3 is 0 Å². The first-order chi connectivity index (χ1) is 11.6. The predicted molar refractivity (Wildman–Crippen MR) is 91.9 cm³/mol. The second-order valence-corrected chi connectivity index (χ2v) is 7.21. The minimum absolute atomic E-state index is 0.00662. The van der Waals surface area contributed by atoms with Crippen molar-refractivity contribution in [1.82, 2.24) is 9.55 Å². The number of aliphatic hydroxyl groups is 1.